The third-order valence-corrected chi connectivity index (χ3v) is 1.70. The first-order valence-electron chi connectivity index (χ1n) is 3.73. The van der Waals surface area contributed by atoms with Gasteiger partial charge in [-0.1, -0.05) is 6.58 Å². The van der Waals surface area contributed by atoms with Gasteiger partial charge in [-0.25, -0.2) is 4.39 Å². The van der Waals surface area contributed by atoms with E-state index in [1.54, 1.807) is 0 Å². The number of ether oxygens (including phenoxy) is 1. The van der Waals surface area contributed by atoms with Crippen LogP contribution in [0, 0.1) is 15.9 Å². The maximum Gasteiger partial charge on any atom is 0.280 e. The average molecular weight is 197 g/mol. The van der Waals surface area contributed by atoms with Crippen molar-refractivity contribution >= 4 is 11.4 Å². The van der Waals surface area contributed by atoms with Gasteiger partial charge in [-0.2, -0.15) is 0 Å². The summed E-state index contributed by atoms with van der Waals surface area (Å²) >= 11 is 0. The molecule has 0 radical (unpaired) electrons. The highest BCUT2D eigenvalue weighted by Crippen LogP contribution is 2.25. The topological polar surface area (TPSA) is 52.4 Å². The van der Waals surface area contributed by atoms with Crippen LogP contribution in [-0.4, -0.2) is 12.0 Å². The molecule has 0 fully saturated rings. The lowest BCUT2D eigenvalue weighted by Gasteiger charge is -2.04. The molecule has 1 aromatic rings. The first-order valence-corrected chi connectivity index (χ1v) is 3.73. The molecule has 74 valence electrons. The highest BCUT2D eigenvalue weighted by Gasteiger charge is 2.16. The Labute approximate surface area is 79.8 Å². The minimum atomic E-state index is -0.612. The molecule has 0 aliphatic heterocycles. The molecule has 1 rings (SSSR count). The molecule has 0 aromatic heterocycles. The molecule has 0 aliphatic rings. The number of hydrogen-bond acceptors (Lipinski definition) is 3. The first-order chi connectivity index (χ1) is 6.56. The highest BCUT2D eigenvalue weighted by molar-refractivity contribution is 5.66. The molecule has 0 bridgehead atoms. The summed E-state index contributed by atoms with van der Waals surface area (Å²) in [5, 5.41) is 10.5. The van der Waals surface area contributed by atoms with Gasteiger partial charge in [0.25, 0.3) is 5.69 Å². The second-order valence-corrected chi connectivity index (χ2v) is 2.55. The van der Waals surface area contributed by atoms with E-state index in [2.05, 4.69) is 6.58 Å². The quantitative estimate of drug-likeness (QED) is 0.424. The van der Waals surface area contributed by atoms with Gasteiger partial charge in [0, 0.05) is 6.07 Å². The van der Waals surface area contributed by atoms with E-state index in [0.717, 1.165) is 18.2 Å². The Morgan fingerprint density at radius 2 is 2.29 bits per heavy atom. The van der Waals surface area contributed by atoms with Crippen molar-refractivity contribution < 1.29 is 14.1 Å². The van der Waals surface area contributed by atoms with Gasteiger partial charge < -0.3 is 4.74 Å². The first kappa shape index (κ1) is 10.2. The van der Waals surface area contributed by atoms with Crippen LogP contribution in [0.15, 0.2) is 24.8 Å². The van der Waals surface area contributed by atoms with Crippen molar-refractivity contribution in [2.75, 3.05) is 7.11 Å². The van der Waals surface area contributed by atoms with E-state index >= 15 is 0 Å². The van der Waals surface area contributed by atoms with Crippen molar-refractivity contribution in [3.8, 4) is 0 Å². The molecule has 0 amide bonds. The molecule has 0 aliphatic carbocycles. The minimum Gasteiger partial charge on any atom is -0.496 e. The van der Waals surface area contributed by atoms with Crippen LogP contribution in [0.25, 0.3) is 5.76 Å². The number of nitro benzene ring substituents is 1. The summed E-state index contributed by atoms with van der Waals surface area (Å²) in [6, 6.07) is 3.11. The van der Waals surface area contributed by atoms with Crippen molar-refractivity contribution in [1.82, 2.24) is 0 Å². The molecule has 14 heavy (non-hydrogen) atoms. The van der Waals surface area contributed by atoms with Crippen molar-refractivity contribution in [3.63, 3.8) is 0 Å². The van der Waals surface area contributed by atoms with Gasteiger partial charge in [0.05, 0.1) is 17.6 Å². The molecule has 5 heteroatoms. The average Bonchev–Trinajstić information content (AvgIpc) is 2.16. The highest BCUT2D eigenvalue weighted by atomic mass is 19.1. The van der Waals surface area contributed by atoms with Crippen molar-refractivity contribution in [2.45, 2.75) is 0 Å². The lowest BCUT2D eigenvalue weighted by molar-refractivity contribution is -0.385. The Hall–Kier alpha value is -1.91. The van der Waals surface area contributed by atoms with E-state index in [-0.39, 0.29) is 17.0 Å². The fourth-order valence-corrected chi connectivity index (χ4v) is 1.00. The summed E-state index contributed by atoms with van der Waals surface area (Å²) in [6.45, 7) is 3.43. The predicted molar refractivity (Wildman–Crippen MR) is 49.1 cm³/mol. The van der Waals surface area contributed by atoms with Crippen LogP contribution in [0.4, 0.5) is 10.1 Å². The zero-order chi connectivity index (χ0) is 10.7. The summed E-state index contributed by atoms with van der Waals surface area (Å²) in [5.74, 6) is -0.500. The molecule has 0 unspecified atom stereocenters. The predicted octanol–water partition coefficient (Wildman–Crippen LogP) is 2.35. The van der Waals surface area contributed by atoms with Gasteiger partial charge in [-0.15, -0.1) is 0 Å². The zero-order valence-corrected chi connectivity index (χ0v) is 7.49. The van der Waals surface area contributed by atoms with Gasteiger partial charge in [-0.05, 0) is 12.1 Å². The minimum absolute atomic E-state index is 0.0532. The summed E-state index contributed by atoms with van der Waals surface area (Å²) < 4.78 is 17.5. The lowest BCUT2D eigenvalue weighted by atomic mass is 10.1. The second kappa shape index (κ2) is 3.87. The number of benzene rings is 1. The van der Waals surface area contributed by atoms with Crippen LogP contribution in [-0.2, 0) is 4.74 Å². The SMILES string of the molecule is C=C(OC)c1cc(F)ccc1[N+](=O)[O-]. The largest absolute Gasteiger partial charge is 0.496 e. The zero-order valence-electron chi connectivity index (χ0n) is 7.49. The van der Waals surface area contributed by atoms with E-state index in [4.69, 9.17) is 4.74 Å². The second-order valence-electron chi connectivity index (χ2n) is 2.55. The number of nitro groups is 1. The molecular weight excluding hydrogens is 189 g/mol. The van der Waals surface area contributed by atoms with Crippen LogP contribution in [0.1, 0.15) is 5.56 Å². The van der Waals surface area contributed by atoms with Crippen LogP contribution in [0.5, 0.6) is 0 Å². The molecule has 0 spiro atoms. The third kappa shape index (κ3) is 1.87. The Morgan fingerprint density at radius 1 is 1.64 bits per heavy atom. The fraction of sp³-hybridized carbons (Fsp3) is 0.111. The number of nitrogens with zero attached hydrogens (tertiary/aromatic N) is 1. The molecule has 0 saturated heterocycles. The van der Waals surface area contributed by atoms with Gasteiger partial charge in [0.15, 0.2) is 0 Å². The molecular formula is C9H8FNO3. The van der Waals surface area contributed by atoms with E-state index in [9.17, 15) is 14.5 Å². The normalized spacial score (nSPS) is 9.57. The van der Waals surface area contributed by atoms with Gasteiger partial charge in [-0.3, -0.25) is 10.1 Å². The monoisotopic (exact) mass is 197 g/mol. The van der Waals surface area contributed by atoms with Gasteiger partial charge in [0.2, 0.25) is 0 Å². The number of methoxy groups -OCH3 is 1. The van der Waals surface area contributed by atoms with E-state index in [0.29, 0.717) is 0 Å². The number of halogens is 1. The summed E-state index contributed by atoms with van der Waals surface area (Å²) in [4.78, 5) is 9.93. The van der Waals surface area contributed by atoms with Crippen molar-refractivity contribution in [2.24, 2.45) is 0 Å². The van der Waals surface area contributed by atoms with Crippen molar-refractivity contribution in [3.05, 3.63) is 46.3 Å². The van der Waals surface area contributed by atoms with Crippen LogP contribution < -0.4 is 0 Å². The van der Waals surface area contributed by atoms with Crippen LogP contribution >= 0.6 is 0 Å². The molecule has 0 saturated carbocycles. The molecule has 1 aromatic carbocycles. The van der Waals surface area contributed by atoms with Gasteiger partial charge >= 0.3 is 0 Å². The maximum atomic E-state index is 12.8. The summed E-state index contributed by atoms with van der Waals surface area (Å²) in [6.07, 6.45) is 0. The Morgan fingerprint density at radius 3 is 2.79 bits per heavy atom. The Balaban J connectivity index is 3.29. The standard InChI is InChI=1S/C9H8FNO3/c1-6(14-2)8-5-7(10)3-4-9(8)11(12)13/h3-5H,1H2,2H3. The Kier molecular flexibility index (Phi) is 2.81. The summed E-state index contributed by atoms with van der Waals surface area (Å²) in [5.41, 5.74) is -0.171. The molecule has 4 nitrogen and oxygen atoms in total. The molecule has 0 atom stereocenters. The smallest absolute Gasteiger partial charge is 0.280 e. The number of rotatable bonds is 3. The molecule has 0 N–H and O–H groups in total. The van der Waals surface area contributed by atoms with Crippen molar-refractivity contribution in [1.29, 1.82) is 0 Å². The fourth-order valence-electron chi connectivity index (χ4n) is 1.00. The lowest BCUT2D eigenvalue weighted by Crippen LogP contribution is -1.96. The van der Waals surface area contributed by atoms with E-state index in [1.807, 2.05) is 0 Å². The maximum absolute atomic E-state index is 12.8. The van der Waals surface area contributed by atoms with Crippen LogP contribution in [0.2, 0.25) is 0 Å². The van der Waals surface area contributed by atoms with E-state index < -0.39 is 10.7 Å². The molecule has 0 heterocycles. The Bertz CT molecular complexity index is 390. The third-order valence-electron chi connectivity index (χ3n) is 1.70. The van der Waals surface area contributed by atoms with Crippen LogP contribution in [0.3, 0.4) is 0 Å². The summed E-state index contributed by atoms with van der Waals surface area (Å²) in [7, 11) is 1.32. The number of hydrogen-bond donors (Lipinski definition) is 0. The van der Waals surface area contributed by atoms with Gasteiger partial charge in [0.1, 0.15) is 11.6 Å². The van der Waals surface area contributed by atoms with E-state index in [1.165, 1.54) is 7.11 Å².